The molecule has 3 N–H and O–H groups in total. The zero-order chi connectivity index (χ0) is 35.1. The van der Waals surface area contributed by atoms with Crippen molar-refractivity contribution in [3.8, 4) is 5.75 Å². The van der Waals surface area contributed by atoms with Crippen LogP contribution in [0.3, 0.4) is 0 Å². The van der Waals surface area contributed by atoms with Gasteiger partial charge in [-0.3, -0.25) is 24.4 Å². The molecule has 3 aromatic carbocycles. The highest BCUT2D eigenvalue weighted by molar-refractivity contribution is 6.08. The third-order valence-corrected chi connectivity index (χ3v) is 9.12. The maximum absolute atomic E-state index is 13.4. The lowest BCUT2D eigenvalue weighted by molar-refractivity contribution is -0.154. The minimum absolute atomic E-state index is 0.0418. The van der Waals surface area contributed by atoms with Gasteiger partial charge in [0.1, 0.15) is 11.9 Å². The number of esters is 1. The molecule has 0 radical (unpaired) electrons. The number of hydroxylamine groups is 1. The summed E-state index contributed by atoms with van der Waals surface area (Å²) >= 11 is 0. The van der Waals surface area contributed by atoms with Gasteiger partial charge in [-0.15, -0.1) is 0 Å². The Morgan fingerprint density at radius 1 is 0.940 bits per heavy atom. The highest BCUT2D eigenvalue weighted by Crippen LogP contribution is 2.31. The molecule has 0 aromatic heterocycles. The number of nitrogens with zero attached hydrogens (tertiary/aromatic N) is 2. The van der Waals surface area contributed by atoms with Gasteiger partial charge in [0, 0.05) is 36.8 Å². The van der Waals surface area contributed by atoms with Crippen molar-refractivity contribution in [3.63, 3.8) is 0 Å². The molecule has 11 heteroatoms. The lowest BCUT2D eigenvalue weighted by atomic mass is 10.0. The number of hydrogen-bond donors (Lipinski definition) is 3. The first-order valence-electron chi connectivity index (χ1n) is 17.6. The highest BCUT2D eigenvalue weighted by Gasteiger charge is 2.37. The fraction of sp³-hybridized carbons (Fsp3) is 0.410. The van der Waals surface area contributed by atoms with Crippen LogP contribution in [0.5, 0.6) is 5.75 Å². The summed E-state index contributed by atoms with van der Waals surface area (Å²) in [5.74, 6) is -0.221. The quantitative estimate of drug-likeness (QED) is 0.0475. The van der Waals surface area contributed by atoms with Crippen molar-refractivity contribution in [2.24, 2.45) is 5.10 Å². The zero-order valence-corrected chi connectivity index (χ0v) is 28.4. The van der Waals surface area contributed by atoms with Gasteiger partial charge >= 0.3 is 5.97 Å². The molecule has 11 nitrogen and oxygen atoms in total. The Hall–Kier alpha value is -5.03. The van der Waals surface area contributed by atoms with Gasteiger partial charge in [0.25, 0.3) is 5.91 Å². The summed E-state index contributed by atoms with van der Waals surface area (Å²) in [5.41, 5.74) is 6.46. The number of nitrogens with one attached hydrogen (secondary N) is 2. The topological polar surface area (TPSA) is 147 Å². The molecule has 2 atom stereocenters. The molecule has 3 aromatic rings. The van der Waals surface area contributed by atoms with Crippen molar-refractivity contribution in [2.75, 3.05) is 6.61 Å². The van der Waals surface area contributed by atoms with Crippen molar-refractivity contribution in [1.29, 1.82) is 0 Å². The number of amides is 3. The van der Waals surface area contributed by atoms with Crippen molar-refractivity contribution in [2.45, 2.75) is 95.7 Å². The molecule has 5 rings (SSSR count). The second kappa shape index (κ2) is 18.7. The van der Waals surface area contributed by atoms with Crippen molar-refractivity contribution in [1.82, 2.24) is 15.8 Å². The Balaban J connectivity index is 1.20. The van der Waals surface area contributed by atoms with E-state index in [4.69, 9.17) is 14.7 Å². The lowest BCUT2D eigenvalue weighted by Gasteiger charge is -2.33. The summed E-state index contributed by atoms with van der Waals surface area (Å²) in [6.45, 7) is 0.891. The van der Waals surface area contributed by atoms with Crippen molar-refractivity contribution < 1.29 is 33.9 Å². The minimum Gasteiger partial charge on any atom is -0.493 e. The Morgan fingerprint density at radius 3 is 2.58 bits per heavy atom. The number of carbonyl (C=O) groups excluding carboxylic acids is 4. The number of hydrogen-bond acceptors (Lipinski definition) is 8. The molecule has 0 spiro atoms. The monoisotopic (exact) mass is 682 g/mol. The number of benzene rings is 3. The first-order valence-corrected chi connectivity index (χ1v) is 17.6. The molecule has 264 valence electrons. The maximum Gasteiger partial charge on any atom is 0.306 e. The fourth-order valence-corrected chi connectivity index (χ4v) is 6.57. The average molecular weight is 683 g/mol. The minimum atomic E-state index is -0.377. The van der Waals surface area contributed by atoms with Crippen molar-refractivity contribution >= 4 is 40.7 Å². The van der Waals surface area contributed by atoms with Crippen LogP contribution < -0.4 is 15.6 Å². The third-order valence-electron chi connectivity index (χ3n) is 9.12. The number of allylic oxidation sites excluding steroid dienone is 2. The molecule has 1 heterocycles. The Labute approximate surface area is 292 Å². The van der Waals surface area contributed by atoms with E-state index in [0.717, 1.165) is 60.4 Å². The van der Waals surface area contributed by atoms with Gasteiger partial charge in [-0.1, -0.05) is 67.5 Å². The standard InChI is InChI=1S/C39H46N4O7/c44-36(42-48)19-5-3-4-10-24-49-34-23-22-32(30-15-8-9-16-31(30)34)39(47)41-40-26-28-13-11-14-29(25-28)27-43-33-17-12-18-35(33)50-38(46)21-7-2-1-6-20-37(43)45/h1-2,8-9,11,13-16,22-23,25-26,33,35,48H,3-7,10,12,17-21,24,27H2,(H,41,47)(H,42,44)/b2-1+,40-26+/t33-,35-/m0/s1. The molecule has 3 amide bonds. The number of carbonyl (C=O) groups is 4. The Morgan fingerprint density at radius 2 is 1.74 bits per heavy atom. The number of rotatable bonds is 13. The number of ether oxygens (including phenoxy) is 2. The summed E-state index contributed by atoms with van der Waals surface area (Å²) in [6.07, 6.45) is 13.2. The van der Waals surface area contributed by atoms with E-state index in [1.54, 1.807) is 23.8 Å². The smallest absolute Gasteiger partial charge is 0.306 e. The van der Waals surface area contributed by atoms with Gasteiger partial charge in [-0.25, -0.2) is 10.9 Å². The summed E-state index contributed by atoms with van der Waals surface area (Å²) < 4.78 is 11.9. The largest absolute Gasteiger partial charge is 0.493 e. The van der Waals surface area contributed by atoms with E-state index >= 15 is 0 Å². The molecular formula is C39H46N4O7. The van der Waals surface area contributed by atoms with Gasteiger partial charge in [-0.2, -0.15) is 5.10 Å². The molecule has 1 aliphatic carbocycles. The average Bonchev–Trinajstić information content (AvgIpc) is 3.58. The van der Waals surface area contributed by atoms with E-state index < -0.39 is 0 Å². The van der Waals surface area contributed by atoms with Gasteiger partial charge in [-0.05, 0) is 79.7 Å². The molecule has 0 unspecified atom stereocenters. The third kappa shape index (κ3) is 10.2. The predicted molar refractivity (Wildman–Crippen MR) is 190 cm³/mol. The second-order valence-electron chi connectivity index (χ2n) is 12.7. The predicted octanol–water partition coefficient (Wildman–Crippen LogP) is 6.36. The van der Waals surface area contributed by atoms with Gasteiger partial charge < -0.3 is 14.4 Å². The van der Waals surface area contributed by atoms with E-state index in [9.17, 15) is 19.2 Å². The molecule has 2 aliphatic rings. The van der Waals surface area contributed by atoms with Crippen LogP contribution in [0, 0.1) is 0 Å². The molecular weight excluding hydrogens is 636 g/mol. The second-order valence-corrected chi connectivity index (χ2v) is 12.7. The molecule has 1 aliphatic heterocycles. The molecule has 1 saturated carbocycles. The fourth-order valence-electron chi connectivity index (χ4n) is 6.57. The van der Waals surface area contributed by atoms with Crippen LogP contribution in [-0.2, 0) is 25.7 Å². The maximum atomic E-state index is 13.4. The highest BCUT2D eigenvalue weighted by atomic mass is 16.5. The van der Waals surface area contributed by atoms with Crippen LogP contribution >= 0.6 is 0 Å². The van der Waals surface area contributed by atoms with E-state index in [-0.39, 0.29) is 35.8 Å². The molecule has 50 heavy (non-hydrogen) atoms. The van der Waals surface area contributed by atoms with Gasteiger partial charge in [0.15, 0.2) is 0 Å². The van der Waals surface area contributed by atoms with Crippen LogP contribution in [0.15, 0.2) is 77.9 Å². The number of unbranched alkanes of at least 4 members (excludes halogenated alkanes) is 3. The molecule has 1 fully saturated rings. The van der Waals surface area contributed by atoms with E-state index in [1.807, 2.05) is 65.6 Å². The Bertz CT molecular complexity index is 1700. The summed E-state index contributed by atoms with van der Waals surface area (Å²) in [5, 5.41) is 14.4. The summed E-state index contributed by atoms with van der Waals surface area (Å²) in [7, 11) is 0. The van der Waals surface area contributed by atoms with E-state index in [1.165, 1.54) is 0 Å². The van der Waals surface area contributed by atoms with Crippen LogP contribution in [0.4, 0.5) is 0 Å². The first-order chi connectivity index (χ1) is 24.4. The lowest BCUT2D eigenvalue weighted by Crippen LogP contribution is -2.45. The number of hydrazone groups is 1. The SMILES string of the molecule is O=C(CCCCCCOc1ccc(C(=O)N/N=C/c2cccc(CN3C(=O)CC/C=C/CCC(=O)O[C@H]4CCC[C@@H]43)c2)c2ccccc12)NO. The normalized spacial score (nSPS) is 18.9. The van der Waals surface area contributed by atoms with E-state index in [2.05, 4.69) is 10.5 Å². The summed E-state index contributed by atoms with van der Waals surface area (Å²) in [4.78, 5) is 52.1. The van der Waals surface area contributed by atoms with Crippen LogP contribution in [0.1, 0.15) is 98.5 Å². The Kier molecular flexibility index (Phi) is 13.5. The van der Waals surface area contributed by atoms with Gasteiger partial charge in [0.05, 0.1) is 18.9 Å². The van der Waals surface area contributed by atoms with E-state index in [0.29, 0.717) is 63.0 Å². The first kappa shape index (κ1) is 36.3. The summed E-state index contributed by atoms with van der Waals surface area (Å²) in [6, 6.07) is 18.6. The zero-order valence-electron chi connectivity index (χ0n) is 28.4. The number of fused-ring (bicyclic) bond motifs is 2. The van der Waals surface area contributed by atoms with Gasteiger partial charge in [0.2, 0.25) is 11.8 Å². The van der Waals surface area contributed by atoms with Crippen LogP contribution in [-0.4, -0.2) is 58.8 Å². The van der Waals surface area contributed by atoms with Crippen LogP contribution in [0.2, 0.25) is 0 Å². The van der Waals surface area contributed by atoms with Crippen molar-refractivity contribution in [3.05, 3.63) is 89.5 Å². The molecule has 0 saturated heterocycles. The van der Waals surface area contributed by atoms with Crippen LogP contribution in [0.25, 0.3) is 10.8 Å². The molecule has 0 bridgehead atoms.